The van der Waals surface area contributed by atoms with Crippen molar-refractivity contribution in [1.82, 2.24) is 0 Å². The summed E-state index contributed by atoms with van der Waals surface area (Å²) in [6.07, 6.45) is -0.287. The Kier molecular flexibility index (Phi) is 7.61. The summed E-state index contributed by atoms with van der Waals surface area (Å²) in [6.45, 7) is 0. The third-order valence-electron chi connectivity index (χ3n) is 10.5. The highest BCUT2D eigenvalue weighted by Gasteiger charge is 2.60. The lowest BCUT2D eigenvalue weighted by atomic mass is 9.70. The number of fused-ring (bicyclic) bond motifs is 4. The number of carbonyl (C=O) groups excluding carboxylic acids is 10. The first-order chi connectivity index (χ1) is 26.9. The van der Waals surface area contributed by atoms with E-state index in [1.807, 2.05) is 0 Å². The highest BCUT2D eigenvalue weighted by Crippen LogP contribution is 2.51. The van der Waals surface area contributed by atoms with Gasteiger partial charge in [-0.15, -0.1) is 0 Å². The van der Waals surface area contributed by atoms with Crippen molar-refractivity contribution in [3.63, 3.8) is 0 Å². The predicted octanol–water partition coefficient (Wildman–Crippen LogP) is 3.45. The van der Waals surface area contributed by atoms with Gasteiger partial charge in [0.25, 0.3) is 0 Å². The van der Waals surface area contributed by atoms with Crippen LogP contribution in [0.4, 0.5) is 11.4 Å². The number of para-hydroxylation sites is 4. The molecule has 5 aliphatic rings. The maximum Gasteiger partial charge on any atom is 0.346 e. The zero-order valence-electron chi connectivity index (χ0n) is 28.4. The van der Waals surface area contributed by atoms with Crippen molar-refractivity contribution < 1.29 is 66.9 Å². The van der Waals surface area contributed by atoms with Crippen LogP contribution in [0.5, 0.6) is 11.5 Å². The second kappa shape index (κ2) is 12.5. The molecule has 4 aromatic carbocycles. The predicted molar refractivity (Wildman–Crippen MR) is 183 cm³/mol. The molecular formula is C40H22N2O14. The first kappa shape index (κ1) is 34.2. The van der Waals surface area contributed by atoms with E-state index in [-0.39, 0.29) is 69.1 Å². The van der Waals surface area contributed by atoms with Crippen LogP contribution in [-0.2, 0) is 28.7 Å². The van der Waals surface area contributed by atoms with Crippen molar-refractivity contribution in [3.8, 4) is 11.5 Å². The molecule has 1 saturated carbocycles. The topological polar surface area (TPSA) is 214 Å². The Balaban J connectivity index is 0.936. The summed E-state index contributed by atoms with van der Waals surface area (Å²) in [7, 11) is 0. The highest BCUT2D eigenvalue weighted by molar-refractivity contribution is 6.26. The minimum absolute atomic E-state index is 0.0119. The van der Waals surface area contributed by atoms with Crippen molar-refractivity contribution >= 4 is 70.8 Å². The first-order valence-electron chi connectivity index (χ1n) is 17.1. The van der Waals surface area contributed by atoms with Gasteiger partial charge in [0, 0.05) is 0 Å². The van der Waals surface area contributed by atoms with E-state index in [2.05, 4.69) is 9.47 Å². The molecule has 16 heteroatoms. The lowest BCUT2D eigenvalue weighted by Gasteiger charge is -2.28. The van der Waals surface area contributed by atoms with Gasteiger partial charge in [-0.05, 0) is 73.5 Å². The second-order valence-corrected chi connectivity index (χ2v) is 13.5. The number of hydrogen-bond acceptors (Lipinski definition) is 14. The fourth-order valence-electron chi connectivity index (χ4n) is 7.85. The number of cyclic esters (lactones) is 4. The summed E-state index contributed by atoms with van der Waals surface area (Å²) in [5.41, 5.74) is -0.556. The minimum Gasteiger partial charge on any atom is -0.421 e. The van der Waals surface area contributed by atoms with Gasteiger partial charge in [0.1, 0.15) is 0 Å². The lowest BCUT2D eigenvalue weighted by molar-refractivity contribution is -0.129. The van der Waals surface area contributed by atoms with Crippen LogP contribution in [0.2, 0.25) is 0 Å². The molecule has 1 aliphatic carbocycles. The van der Waals surface area contributed by atoms with E-state index in [1.165, 1.54) is 72.8 Å². The fraction of sp³-hybridized carbons (Fsp3) is 0.150. The average molecular weight is 755 g/mol. The van der Waals surface area contributed by atoms with Crippen molar-refractivity contribution in [3.05, 3.63) is 118 Å². The molecule has 276 valence electrons. The van der Waals surface area contributed by atoms with Gasteiger partial charge in [0.05, 0.1) is 68.4 Å². The number of hydrogen-bond donors (Lipinski definition) is 0. The van der Waals surface area contributed by atoms with E-state index >= 15 is 0 Å². The molecule has 0 spiro atoms. The highest BCUT2D eigenvalue weighted by atomic mass is 16.6. The van der Waals surface area contributed by atoms with Gasteiger partial charge in [0.2, 0.25) is 23.6 Å². The van der Waals surface area contributed by atoms with Crippen LogP contribution in [0.1, 0.15) is 75.0 Å². The molecule has 9 rings (SSSR count). The number of anilines is 2. The number of carbonyl (C=O) groups is 10. The van der Waals surface area contributed by atoms with Gasteiger partial charge in [-0.1, -0.05) is 24.3 Å². The minimum atomic E-state index is -0.990. The number of benzene rings is 4. The normalized spacial score (nSPS) is 22.1. The first-order valence-corrected chi connectivity index (χ1v) is 17.1. The molecule has 56 heavy (non-hydrogen) atoms. The number of imide groups is 2. The number of rotatable bonds is 6. The van der Waals surface area contributed by atoms with Gasteiger partial charge >= 0.3 is 35.8 Å². The van der Waals surface area contributed by atoms with Crippen LogP contribution >= 0.6 is 0 Å². The summed E-state index contributed by atoms with van der Waals surface area (Å²) >= 11 is 0. The molecule has 4 heterocycles. The van der Waals surface area contributed by atoms with E-state index in [0.717, 1.165) is 21.9 Å². The number of amides is 4. The van der Waals surface area contributed by atoms with Crippen LogP contribution < -0.4 is 19.3 Å². The molecular weight excluding hydrogens is 732 g/mol. The second-order valence-electron chi connectivity index (χ2n) is 13.5. The fourth-order valence-corrected chi connectivity index (χ4v) is 7.85. The molecule has 4 atom stereocenters. The van der Waals surface area contributed by atoms with E-state index < -0.39 is 83.1 Å². The Labute approximate surface area is 313 Å². The SMILES string of the molecule is O=C(Oc1ccccc1N1C(=O)C2CC3C(=O)N(c4ccccc4OC(=O)c4ccc5c(c4)C(=O)OC5=O)C(=O)C3CC2C1=O)c1ccc2c(c1)C(=O)OC2=O. The van der Waals surface area contributed by atoms with Crippen LogP contribution in [0, 0.1) is 23.7 Å². The maximum atomic E-state index is 14.0. The van der Waals surface area contributed by atoms with Gasteiger partial charge in [-0.25, -0.2) is 38.6 Å². The van der Waals surface area contributed by atoms with Crippen LogP contribution in [0.3, 0.4) is 0 Å². The van der Waals surface area contributed by atoms with Gasteiger partial charge in [0.15, 0.2) is 11.5 Å². The summed E-state index contributed by atoms with van der Waals surface area (Å²) in [4.78, 5) is 132. The largest absolute Gasteiger partial charge is 0.421 e. The number of ether oxygens (including phenoxy) is 4. The number of nitrogens with zero attached hydrogens (tertiary/aromatic N) is 2. The molecule has 0 bridgehead atoms. The van der Waals surface area contributed by atoms with Crippen LogP contribution in [0.25, 0.3) is 0 Å². The zero-order chi connectivity index (χ0) is 39.2. The lowest BCUT2D eigenvalue weighted by Crippen LogP contribution is -2.35. The van der Waals surface area contributed by atoms with Crippen molar-refractivity contribution in [1.29, 1.82) is 0 Å². The third kappa shape index (κ3) is 5.14. The van der Waals surface area contributed by atoms with E-state index in [9.17, 15) is 47.9 Å². The molecule has 0 N–H and O–H groups in total. The van der Waals surface area contributed by atoms with E-state index in [4.69, 9.17) is 9.47 Å². The molecule has 4 aliphatic heterocycles. The molecule has 2 saturated heterocycles. The van der Waals surface area contributed by atoms with E-state index in [1.54, 1.807) is 0 Å². The molecule has 3 fully saturated rings. The van der Waals surface area contributed by atoms with Crippen LogP contribution in [0.15, 0.2) is 84.9 Å². The molecule has 16 nitrogen and oxygen atoms in total. The average Bonchev–Trinajstić information content (AvgIpc) is 3.82. The Morgan fingerprint density at radius 1 is 0.464 bits per heavy atom. The Morgan fingerprint density at radius 2 is 0.804 bits per heavy atom. The maximum absolute atomic E-state index is 14.0. The zero-order valence-corrected chi connectivity index (χ0v) is 28.4. The third-order valence-corrected chi connectivity index (χ3v) is 10.5. The molecule has 4 aromatic rings. The van der Waals surface area contributed by atoms with E-state index in [0.29, 0.717) is 0 Å². The molecule has 4 amide bonds. The molecule has 0 aromatic heterocycles. The quantitative estimate of drug-likeness (QED) is 0.119. The molecule has 4 unspecified atom stereocenters. The summed E-state index contributed by atoms with van der Waals surface area (Å²) in [6, 6.07) is 18.9. The number of esters is 6. The van der Waals surface area contributed by atoms with Gasteiger partial charge < -0.3 is 18.9 Å². The molecule has 0 radical (unpaired) electrons. The Hall–Kier alpha value is -7.62. The summed E-state index contributed by atoms with van der Waals surface area (Å²) in [5, 5.41) is 0. The van der Waals surface area contributed by atoms with Gasteiger partial charge in [-0.2, -0.15) is 0 Å². The van der Waals surface area contributed by atoms with Crippen molar-refractivity contribution in [2.24, 2.45) is 23.7 Å². The Bertz CT molecular complexity index is 2380. The standard InChI is InChI=1S/C40H22N2O14/c43-31-21-15-23-24(34(46)42(33(23)45)28-6-2-4-8-30(28)54-36(48)18-10-12-20-26(14-18)40(52)56-38(20)50)16-22(21)32(44)41(31)27-5-1-3-7-29(27)53-35(47)17-9-11-19-25(13-17)39(51)55-37(19)49/h1-14,21-24H,15-16H2. The summed E-state index contributed by atoms with van der Waals surface area (Å²) < 4.78 is 20.3. The smallest absolute Gasteiger partial charge is 0.346 e. The Morgan fingerprint density at radius 3 is 1.18 bits per heavy atom. The van der Waals surface area contributed by atoms with Crippen molar-refractivity contribution in [2.45, 2.75) is 12.8 Å². The van der Waals surface area contributed by atoms with Gasteiger partial charge in [-0.3, -0.25) is 19.2 Å². The monoisotopic (exact) mass is 754 g/mol. The van der Waals surface area contributed by atoms with Crippen molar-refractivity contribution in [2.75, 3.05) is 9.80 Å². The summed E-state index contributed by atoms with van der Waals surface area (Å²) in [5.74, 6) is -12.3. The van der Waals surface area contributed by atoms with Crippen LogP contribution in [-0.4, -0.2) is 59.4 Å².